The fourth-order valence-corrected chi connectivity index (χ4v) is 9.65. The molecule has 2 aliphatic rings. The first kappa shape index (κ1) is 46.9. The van der Waals surface area contributed by atoms with Crippen LogP contribution in [0.5, 0.6) is 23.0 Å². The highest BCUT2D eigenvalue weighted by molar-refractivity contribution is 8.01. The van der Waals surface area contributed by atoms with Crippen molar-refractivity contribution in [2.45, 2.75) is 60.3 Å². The molecule has 0 aliphatic carbocycles. The summed E-state index contributed by atoms with van der Waals surface area (Å²) in [6.07, 6.45) is 0. The Balaban J connectivity index is 0.000000196. The van der Waals surface area contributed by atoms with Gasteiger partial charge in [0.25, 0.3) is 0 Å². The van der Waals surface area contributed by atoms with Gasteiger partial charge in [-0.15, -0.1) is 10.2 Å². The SMILES string of the molecule is CCOC(=O)c1nnn2c1S[C@H](C(=O)c1ccc(C)cc1)[C@@H](c1ccc(OC)c(OC)c1)N2.CCOC(=O)c1nnn2c1S[C@H](C(=O)c1ccc(C)cc1)[C@H](c1ccc(OC)c(OC)c1)N2. The van der Waals surface area contributed by atoms with Gasteiger partial charge < -0.3 is 28.4 Å². The Kier molecular flexibility index (Phi) is 14.8. The average Bonchev–Trinajstić information content (AvgIpc) is 3.97. The smallest absolute Gasteiger partial charge is 0.361 e. The Morgan fingerprint density at radius 1 is 0.545 bits per heavy atom. The molecule has 0 fully saturated rings. The summed E-state index contributed by atoms with van der Waals surface area (Å²) in [5.41, 5.74) is 11.5. The molecule has 66 heavy (non-hydrogen) atoms. The number of aryl methyl sites for hydroxylation is 2. The molecule has 2 aliphatic heterocycles. The van der Waals surface area contributed by atoms with Crippen LogP contribution in [0.15, 0.2) is 95.0 Å². The minimum Gasteiger partial charge on any atom is -0.493 e. The van der Waals surface area contributed by atoms with Crippen LogP contribution in [-0.4, -0.2) is 106 Å². The van der Waals surface area contributed by atoms with Gasteiger partial charge in [0.1, 0.15) is 10.5 Å². The number of esters is 2. The molecule has 2 aromatic heterocycles. The summed E-state index contributed by atoms with van der Waals surface area (Å²) >= 11 is 2.46. The predicted molar refractivity (Wildman–Crippen MR) is 246 cm³/mol. The first-order chi connectivity index (χ1) is 31.9. The van der Waals surface area contributed by atoms with Crippen molar-refractivity contribution >= 4 is 47.0 Å². The van der Waals surface area contributed by atoms with Gasteiger partial charge >= 0.3 is 11.9 Å². The third-order valence-corrected chi connectivity index (χ3v) is 13.2. The van der Waals surface area contributed by atoms with Gasteiger partial charge in [-0.2, -0.15) is 9.58 Å². The van der Waals surface area contributed by atoms with Crippen molar-refractivity contribution in [3.05, 3.63) is 130 Å². The molecule has 4 atom stereocenters. The number of ketones is 2. The fourth-order valence-electron chi connectivity index (χ4n) is 7.12. The number of rotatable bonds is 14. The van der Waals surface area contributed by atoms with Crippen LogP contribution in [0.1, 0.15) is 89.9 Å². The van der Waals surface area contributed by atoms with Gasteiger partial charge in [0, 0.05) is 11.1 Å². The number of hydrogen-bond acceptors (Lipinski definition) is 18. The van der Waals surface area contributed by atoms with E-state index in [0.717, 1.165) is 22.3 Å². The van der Waals surface area contributed by atoms with E-state index in [4.69, 9.17) is 28.4 Å². The molecule has 0 spiro atoms. The van der Waals surface area contributed by atoms with Gasteiger partial charge in [0.15, 0.2) is 44.6 Å². The highest BCUT2D eigenvalue weighted by Gasteiger charge is 2.41. The second-order valence-electron chi connectivity index (χ2n) is 14.7. The lowest BCUT2D eigenvalue weighted by Gasteiger charge is -2.32. The second kappa shape index (κ2) is 20.8. The Hall–Kier alpha value is -7.06. The summed E-state index contributed by atoms with van der Waals surface area (Å²) in [5.74, 6) is 0.900. The van der Waals surface area contributed by atoms with E-state index in [1.165, 1.54) is 33.1 Å². The lowest BCUT2D eigenvalue weighted by Crippen LogP contribution is -2.39. The molecule has 344 valence electrons. The number of aromatic nitrogens is 6. The minimum atomic E-state index is -0.606. The van der Waals surface area contributed by atoms with Crippen molar-refractivity contribution in [1.29, 1.82) is 0 Å². The molecule has 0 bridgehead atoms. The largest absolute Gasteiger partial charge is 0.493 e. The Morgan fingerprint density at radius 2 is 0.909 bits per heavy atom. The van der Waals surface area contributed by atoms with Crippen LogP contribution < -0.4 is 29.8 Å². The van der Waals surface area contributed by atoms with Gasteiger partial charge in [-0.05, 0) is 73.5 Å². The summed E-state index contributed by atoms with van der Waals surface area (Å²) in [6.45, 7) is 7.79. The molecule has 8 rings (SSSR count). The molecule has 0 saturated carbocycles. The monoisotopic (exact) mass is 936 g/mol. The Bertz CT molecular complexity index is 2540. The van der Waals surface area contributed by atoms with Crippen LogP contribution in [0, 0.1) is 13.8 Å². The molecule has 18 nitrogen and oxygen atoms in total. The van der Waals surface area contributed by atoms with Gasteiger partial charge in [-0.1, -0.05) is 95.3 Å². The summed E-state index contributed by atoms with van der Waals surface area (Å²) in [5, 5.41) is 15.7. The number of carbonyl (C=O) groups excluding carboxylic acids is 4. The van der Waals surface area contributed by atoms with E-state index in [2.05, 4.69) is 31.5 Å². The van der Waals surface area contributed by atoms with E-state index in [1.807, 2.05) is 62.4 Å². The van der Waals surface area contributed by atoms with Crippen LogP contribution in [-0.2, 0) is 9.47 Å². The zero-order valence-corrected chi connectivity index (χ0v) is 39.0. The molecular formula is C46H48N8O10S2. The van der Waals surface area contributed by atoms with Gasteiger partial charge in [0.05, 0.1) is 53.7 Å². The molecule has 4 aromatic carbocycles. The van der Waals surface area contributed by atoms with Crippen molar-refractivity contribution in [3.8, 4) is 23.0 Å². The lowest BCUT2D eigenvalue weighted by molar-refractivity contribution is 0.0505. The quantitative estimate of drug-likeness (QED) is 0.0846. The van der Waals surface area contributed by atoms with E-state index in [1.54, 1.807) is 78.7 Å². The van der Waals surface area contributed by atoms with Gasteiger partial charge in [-0.3, -0.25) is 20.4 Å². The fraction of sp³-hybridized carbons (Fsp3) is 0.304. The van der Waals surface area contributed by atoms with E-state index in [0.29, 0.717) is 44.2 Å². The Labute approximate surface area is 388 Å². The summed E-state index contributed by atoms with van der Waals surface area (Å²) in [6, 6.07) is 24.8. The maximum atomic E-state index is 13.6. The summed E-state index contributed by atoms with van der Waals surface area (Å²) in [4.78, 5) is 54.8. The molecule has 0 amide bonds. The number of carbonyl (C=O) groups is 4. The van der Waals surface area contributed by atoms with Crippen LogP contribution >= 0.6 is 23.5 Å². The van der Waals surface area contributed by atoms with E-state index < -0.39 is 34.5 Å². The highest BCUT2D eigenvalue weighted by atomic mass is 32.2. The molecule has 0 radical (unpaired) electrons. The zero-order chi connectivity index (χ0) is 47.1. The molecule has 6 aromatic rings. The van der Waals surface area contributed by atoms with E-state index >= 15 is 0 Å². The van der Waals surface area contributed by atoms with Crippen LogP contribution in [0.4, 0.5) is 0 Å². The van der Waals surface area contributed by atoms with Crippen molar-refractivity contribution in [2.75, 3.05) is 52.5 Å². The van der Waals surface area contributed by atoms with Gasteiger partial charge in [-0.25, -0.2) is 9.59 Å². The number of methoxy groups -OCH3 is 4. The van der Waals surface area contributed by atoms with Crippen molar-refractivity contribution in [3.63, 3.8) is 0 Å². The number of hydrogen-bond donors (Lipinski definition) is 2. The third kappa shape index (κ3) is 9.79. The minimum absolute atomic E-state index is 0.0711. The second-order valence-corrected chi connectivity index (χ2v) is 17.0. The zero-order valence-electron chi connectivity index (χ0n) is 37.4. The number of thioether (sulfide) groups is 2. The standard InChI is InChI=1S/2C23H24N4O5S/c2*1-5-32-23(29)19-22-27(26-24-19)25-18(15-10-11-16(30-3)17(12-15)31-4)21(33-22)20(28)14-8-6-13(2)7-9-14/h2*6-12,18,21,25H,5H2,1-4H3/t18-,21+;18-,21-/m10/s1. The molecule has 2 N–H and O–H groups in total. The van der Waals surface area contributed by atoms with Crippen molar-refractivity contribution < 1.29 is 47.6 Å². The van der Waals surface area contributed by atoms with Crippen LogP contribution in [0.2, 0.25) is 0 Å². The molecule has 4 heterocycles. The molecule has 20 heteroatoms. The number of nitrogens with one attached hydrogen (secondary N) is 2. The molecule has 0 unspecified atom stereocenters. The predicted octanol–water partition coefficient (Wildman–Crippen LogP) is 6.84. The third-order valence-electron chi connectivity index (χ3n) is 10.5. The topological polar surface area (TPSA) is 209 Å². The molecule has 0 saturated heterocycles. The average molecular weight is 937 g/mol. The number of benzene rings is 4. The first-order valence-corrected chi connectivity index (χ1v) is 22.5. The first-order valence-electron chi connectivity index (χ1n) is 20.7. The number of nitrogens with zero attached hydrogens (tertiary/aromatic N) is 6. The van der Waals surface area contributed by atoms with Crippen LogP contribution in [0.25, 0.3) is 0 Å². The number of ether oxygens (including phenoxy) is 6. The molecular weight excluding hydrogens is 889 g/mol. The maximum absolute atomic E-state index is 13.6. The summed E-state index contributed by atoms with van der Waals surface area (Å²) in [7, 11) is 6.24. The lowest BCUT2D eigenvalue weighted by atomic mass is 9.96. The Morgan fingerprint density at radius 3 is 1.24 bits per heavy atom. The van der Waals surface area contributed by atoms with Gasteiger partial charge in [0.2, 0.25) is 11.4 Å². The maximum Gasteiger partial charge on any atom is 0.361 e. The van der Waals surface area contributed by atoms with Crippen LogP contribution in [0.3, 0.4) is 0 Å². The van der Waals surface area contributed by atoms with E-state index in [9.17, 15) is 19.2 Å². The number of fused-ring (bicyclic) bond motifs is 2. The van der Waals surface area contributed by atoms with Crippen molar-refractivity contribution in [2.24, 2.45) is 0 Å². The highest BCUT2D eigenvalue weighted by Crippen LogP contribution is 2.44. The normalized spacial score (nSPS) is 17.0. The van der Waals surface area contributed by atoms with E-state index in [-0.39, 0.29) is 36.2 Å². The van der Waals surface area contributed by atoms with Crippen molar-refractivity contribution in [1.82, 2.24) is 30.2 Å². The summed E-state index contributed by atoms with van der Waals surface area (Å²) < 4.78 is 31.8. The number of Topliss-reactive ketones (excluding diaryl/α,β-unsaturated/α-hetero) is 2.